The Morgan fingerprint density at radius 3 is 2.50 bits per heavy atom. The first-order chi connectivity index (χ1) is 7.35. The van der Waals surface area contributed by atoms with Crippen molar-refractivity contribution in [2.24, 2.45) is 0 Å². The lowest BCUT2D eigenvalue weighted by atomic mass is 10.5. The van der Waals surface area contributed by atoms with Crippen LogP contribution in [0.1, 0.15) is 18.1 Å². The Balaban J connectivity index is 2.82. The van der Waals surface area contributed by atoms with Crippen LogP contribution in [-0.2, 0) is 16.7 Å². The minimum atomic E-state index is -4.23. The van der Waals surface area contributed by atoms with Gasteiger partial charge >= 0.3 is 5.69 Å². The molecule has 1 aromatic rings. The topological polar surface area (TPSA) is 124 Å². The van der Waals surface area contributed by atoms with Gasteiger partial charge in [0.1, 0.15) is 0 Å². The van der Waals surface area contributed by atoms with Gasteiger partial charge in [0.05, 0.1) is 5.75 Å². The number of nitrogens with zero attached hydrogens (tertiary/aromatic N) is 4. The van der Waals surface area contributed by atoms with Crippen molar-refractivity contribution in [1.29, 1.82) is 0 Å². The summed E-state index contributed by atoms with van der Waals surface area (Å²) in [6, 6.07) is 0. The first-order valence-electron chi connectivity index (χ1n) is 4.36. The summed E-state index contributed by atoms with van der Waals surface area (Å²) < 4.78 is 30.6. The largest absolute Gasteiger partial charge is 0.371 e. The highest BCUT2D eigenvalue weighted by Gasteiger charge is 2.16. The van der Waals surface area contributed by atoms with Gasteiger partial charge in [-0.3, -0.25) is 9.35 Å². The summed E-state index contributed by atoms with van der Waals surface area (Å²) in [5.74, 6) is -1.58. The highest BCUT2D eigenvalue weighted by atomic mass is 32.2. The summed E-state index contributed by atoms with van der Waals surface area (Å²) in [4.78, 5) is 22.6. The van der Waals surface area contributed by atoms with Crippen LogP contribution in [0.15, 0.2) is 4.79 Å². The van der Waals surface area contributed by atoms with E-state index in [9.17, 15) is 18.0 Å². The van der Waals surface area contributed by atoms with E-state index in [1.165, 1.54) is 0 Å². The zero-order chi connectivity index (χ0) is 12.3. The Morgan fingerprint density at radius 1 is 1.44 bits per heavy atom. The average molecular weight is 250 g/mol. The number of tetrazole rings is 1. The van der Waals surface area contributed by atoms with E-state index >= 15 is 0 Å². The van der Waals surface area contributed by atoms with Crippen LogP contribution in [0.5, 0.6) is 0 Å². The fraction of sp³-hybridized carbons (Fsp3) is 0.667. The van der Waals surface area contributed by atoms with Gasteiger partial charge < -0.3 is 0 Å². The predicted molar refractivity (Wildman–Crippen MR) is 51.6 cm³/mol. The summed E-state index contributed by atoms with van der Waals surface area (Å²) >= 11 is 0. The third-order valence-electron chi connectivity index (χ3n) is 1.75. The first kappa shape index (κ1) is 12.5. The maximum atomic E-state index is 11.3. The molecule has 0 aromatic carbocycles. The van der Waals surface area contributed by atoms with Gasteiger partial charge in [0, 0.05) is 13.0 Å². The molecule has 90 valence electrons. The minimum Gasteiger partial charge on any atom is -0.286 e. The Bertz CT molecular complexity index is 542. The molecule has 0 unspecified atom stereocenters. The Hall–Kier alpha value is -1.55. The maximum absolute atomic E-state index is 11.3. The van der Waals surface area contributed by atoms with Crippen molar-refractivity contribution in [1.82, 2.24) is 19.8 Å². The van der Waals surface area contributed by atoms with Crippen LogP contribution >= 0.6 is 0 Å². The molecule has 0 amide bonds. The molecule has 9 nitrogen and oxygen atoms in total. The van der Waals surface area contributed by atoms with Gasteiger partial charge in [0.25, 0.3) is 16.0 Å². The second kappa shape index (κ2) is 4.53. The van der Waals surface area contributed by atoms with Gasteiger partial charge in [0.2, 0.25) is 0 Å². The third-order valence-corrected chi connectivity index (χ3v) is 2.47. The number of rotatable bonds is 4. The van der Waals surface area contributed by atoms with Crippen molar-refractivity contribution in [2.45, 2.75) is 19.9 Å². The Morgan fingerprint density at radius 2 is 2.06 bits per heavy atom. The van der Waals surface area contributed by atoms with Crippen LogP contribution in [-0.4, -0.2) is 44.4 Å². The smallest absolute Gasteiger partial charge is 0.286 e. The van der Waals surface area contributed by atoms with Gasteiger partial charge in [0.15, 0.2) is 0 Å². The molecule has 10 heteroatoms. The first-order valence-corrected chi connectivity index (χ1v) is 5.97. The minimum absolute atomic E-state index is 0.254. The molecule has 0 radical (unpaired) electrons. The number of carbonyl (C=O) groups is 1. The average Bonchev–Trinajstić information content (AvgIpc) is 2.55. The van der Waals surface area contributed by atoms with E-state index in [-0.39, 0.29) is 6.54 Å². The summed E-state index contributed by atoms with van der Waals surface area (Å²) in [6.07, 6.45) is -0.527. The number of hydrogen-bond acceptors (Lipinski definition) is 6. The van der Waals surface area contributed by atoms with Crippen molar-refractivity contribution >= 4 is 16.0 Å². The van der Waals surface area contributed by atoms with Crippen molar-refractivity contribution in [3.63, 3.8) is 0 Å². The van der Waals surface area contributed by atoms with Crippen LogP contribution in [0.3, 0.4) is 0 Å². The van der Waals surface area contributed by atoms with Crippen LogP contribution in [0, 0.1) is 0 Å². The van der Waals surface area contributed by atoms with E-state index in [2.05, 4.69) is 10.4 Å². The fourth-order valence-electron chi connectivity index (χ4n) is 0.951. The summed E-state index contributed by atoms with van der Waals surface area (Å²) in [5.41, 5.74) is -0.733. The normalized spacial score (nSPS) is 11.6. The highest BCUT2D eigenvalue weighted by molar-refractivity contribution is 7.85. The van der Waals surface area contributed by atoms with Crippen LogP contribution in [0.2, 0.25) is 0 Å². The molecular formula is C6H10N4O5S. The summed E-state index contributed by atoms with van der Waals surface area (Å²) in [5, 5.41) is 6.66. The Labute approximate surface area is 90.4 Å². The molecule has 0 aliphatic carbocycles. The van der Waals surface area contributed by atoms with Crippen molar-refractivity contribution in [2.75, 3.05) is 5.75 Å². The third kappa shape index (κ3) is 2.97. The molecular weight excluding hydrogens is 240 g/mol. The molecule has 0 saturated carbocycles. The zero-order valence-electron chi connectivity index (χ0n) is 8.40. The predicted octanol–water partition coefficient (Wildman–Crippen LogP) is -1.62. The molecule has 16 heavy (non-hydrogen) atoms. The van der Waals surface area contributed by atoms with E-state index in [0.29, 0.717) is 4.68 Å². The summed E-state index contributed by atoms with van der Waals surface area (Å²) in [7, 11) is -4.23. The second-order valence-corrected chi connectivity index (χ2v) is 4.49. The molecule has 0 aliphatic rings. The number of aromatic nitrogens is 4. The van der Waals surface area contributed by atoms with Crippen molar-refractivity contribution in [3.05, 3.63) is 10.5 Å². The molecule has 0 saturated heterocycles. The van der Waals surface area contributed by atoms with Crippen molar-refractivity contribution < 1.29 is 17.8 Å². The number of aryl methyl sites for hydroxylation is 1. The SMILES string of the molecule is CCn1nnn(C(=O)CCS(=O)(=O)O)c1=O. The second-order valence-electron chi connectivity index (χ2n) is 2.92. The lowest BCUT2D eigenvalue weighted by Crippen LogP contribution is -2.30. The lowest BCUT2D eigenvalue weighted by molar-refractivity contribution is 0.0886. The van der Waals surface area contributed by atoms with E-state index in [1.54, 1.807) is 6.92 Å². The summed E-state index contributed by atoms with van der Waals surface area (Å²) in [6.45, 7) is 1.90. The van der Waals surface area contributed by atoms with E-state index in [1.807, 2.05) is 0 Å². The highest BCUT2D eigenvalue weighted by Crippen LogP contribution is 1.91. The van der Waals surface area contributed by atoms with Gasteiger partial charge in [-0.2, -0.15) is 13.1 Å². The van der Waals surface area contributed by atoms with Gasteiger partial charge in [-0.25, -0.2) is 4.79 Å². The van der Waals surface area contributed by atoms with Gasteiger partial charge in [-0.05, 0) is 17.4 Å². The maximum Gasteiger partial charge on any atom is 0.371 e. The van der Waals surface area contributed by atoms with Crippen molar-refractivity contribution in [3.8, 4) is 0 Å². The molecule has 0 fully saturated rings. The van der Waals surface area contributed by atoms with Crippen LogP contribution in [0.25, 0.3) is 0 Å². The quantitative estimate of drug-likeness (QED) is 0.502. The molecule has 0 spiro atoms. The number of carbonyl (C=O) groups excluding carboxylic acids is 1. The van der Waals surface area contributed by atoms with E-state index in [0.717, 1.165) is 4.68 Å². The lowest BCUT2D eigenvalue weighted by Gasteiger charge is -1.95. The number of hydrogen-bond donors (Lipinski definition) is 1. The molecule has 0 aliphatic heterocycles. The molecule has 0 bridgehead atoms. The Kier molecular flexibility index (Phi) is 3.55. The molecule has 1 N–H and O–H groups in total. The monoisotopic (exact) mass is 250 g/mol. The molecule has 1 heterocycles. The van der Waals surface area contributed by atoms with E-state index in [4.69, 9.17) is 4.55 Å². The standard InChI is InChI=1S/C6H10N4O5S/c1-2-9-6(12)10(8-7-9)5(11)3-4-16(13,14)15/h2-4H2,1H3,(H,13,14,15). The van der Waals surface area contributed by atoms with Gasteiger partial charge in [-0.15, -0.1) is 4.68 Å². The molecule has 1 rings (SSSR count). The van der Waals surface area contributed by atoms with Crippen LogP contribution in [0.4, 0.5) is 0 Å². The van der Waals surface area contributed by atoms with E-state index < -0.39 is 33.9 Å². The molecule has 0 atom stereocenters. The van der Waals surface area contributed by atoms with Gasteiger partial charge in [-0.1, -0.05) is 0 Å². The fourth-order valence-corrected chi connectivity index (χ4v) is 1.38. The zero-order valence-corrected chi connectivity index (χ0v) is 9.22. The van der Waals surface area contributed by atoms with Crippen LogP contribution < -0.4 is 5.69 Å². The molecule has 1 aromatic heterocycles.